The molecule has 1 aromatic heterocycles. The molecule has 6 nitrogen and oxygen atoms in total. The van der Waals surface area contributed by atoms with Crippen LogP contribution >= 0.6 is 0 Å². The largest absolute Gasteiger partial charge is 0.362 e. The number of Topliss-reactive ketones (excluding diaryl/α,β-unsaturated/α-hetero) is 1. The minimum absolute atomic E-state index is 0.264. The van der Waals surface area contributed by atoms with Crippen molar-refractivity contribution in [3.05, 3.63) is 58.4 Å². The van der Waals surface area contributed by atoms with Crippen LogP contribution in [0.1, 0.15) is 59.6 Å². The van der Waals surface area contributed by atoms with E-state index in [2.05, 4.69) is 24.1 Å². The maximum Gasteiger partial charge on any atom is 0.325 e. The Morgan fingerprint density at radius 2 is 1.78 bits per heavy atom. The van der Waals surface area contributed by atoms with E-state index in [-0.39, 0.29) is 12.3 Å². The smallest absolute Gasteiger partial charge is 0.325 e. The molecular weight excluding hydrogens is 342 g/mol. The zero-order chi connectivity index (χ0) is 19.9. The topological polar surface area (TPSA) is 82.3 Å². The van der Waals surface area contributed by atoms with Gasteiger partial charge < -0.3 is 10.3 Å². The van der Waals surface area contributed by atoms with E-state index in [9.17, 15) is 14.4 Å². The Kier molecular flexibility index (Phi) is 4.68. The second-order valence-corrected chi connectivity index (χ2v) is 7.64. The number of benzene rings is 1. The second-order valence-electron chi connectivity index (χ2n) is 7.64. The van der Waals surface area contributed by atoms with Crippen LogP contribution in [0, 0.1) is 13.8 Å². The van der Waals surface area contributed by atoms with Crippen LogP contribution in [0.5, 0.6) is 0 Å². The van der Waals surface area contributed by atoms with Crippen LogP contribution in [0.3, 0.4) is 0 Å². The minimum Gasteiger partial charge on any atom is -0.362 e. The normalized spacial score (nSPS) is 19.7. The lowest BCUT2D eigenvalue weighted by molar-refractivity contribution is -0.130. The number of ketones is 1. The summed E-state index contributed by atoms with van der Waals surface area (Å²) in [6, 6.07) is 8.83. The molecule has 0 saturated carbocycles. The molecule has 27 heavy (non-hydrogen) atoms. The van der Waals surface area contributed by atoms with E-state index in [1.807, 2.05) is 31.2 Å². The third-order valence-electron chi connectivity index (χ3n) is 5.18. The summed E-state index contributed by atoms with van der Waals surface area (Å²) >= 11 is 0. The van der Waals surface area contributed by atoms with Gasteiger partial charge in [-0.05, 0) is 43.9 Å². The van der Waals surface area contributed by atoms with Gasteiger partial charge in [0.2, 0.25) is 0 Å². The first-order valence-electron chi connectivity index (χ1n) is 9.07. The summed E-state index contributed by atoms with van der Waals surface area (Å²) in [4.78, 5) is 42.1. The Hall–Kier alpha value is -2.89. The number of nitrogens with zero attached hydrogens (tertiary/aromatic N) is 1. The summed E-state index contributed by atoms with van der Waals surface area (Å²) in [5, 5.41) is 2.75. The van der Waals surface area contributed by atoms with Crippen molar-refractivity contribution in [2.75, 3.05) is 6.54 Å². The van der Waals surface area contributed by atoms with Crippen LogP contribution in [0.15, 0.2) is 30.3 Å². The molecule has 0 radical (unpaired) electrons. The average Bonchev–Trinajstić information content (AvgIpc) is 3.06. The van der Waals surface area contributed by atoms with E-state index in [0.29, 0.717) is 17.0 Å². The van der Waals surface area contributed by atoms with Gasteiger partial charge >= 0.3 is 6.03 Å². The number of nitrogens with one attached hydrogen (secondary N) is 2. The van der Waals surface area contributed by atoms with Crippen LogP contribution in [-0.2, 0) is 10.3 Å². The number of aromatic nitrogens is 1. The molecule has 0 unspecified atom stereocenters. The minimum atomic E-state index is -1.17. The van der Waals surface area contributed by atoms with Crippen molar-refractivity contribution < 1.29 is 14.4 Å². The molecule has 2 heterocycles. The fraction of sp³-hybridized carbons (Fsp3) is 0.381. The number of aryl methyl sites for hydroxylation is 2. The quantitative estimate of drug-likeness (QED) is 0.628. The summed E-state index contributed by atoms with van der Waals surface area (Å²) in [6.45, 7) is 9.24. The van der Waals surface area contributed by atoms with E-state index in [4.69, 9.17) is 0 Å². The average molecular weight is 367 g/mol. The molecule has 1 aliphatic heterocycles. The van der Waals surface area contributed by atoms with Gasteiger partial charge in [0.05, 0.1) is 6.54 Å². The molecule has 1 aromatic carbocycles. The number of aromatic amines is 1. The number of imide groups is 1. The highest BCUT2D eigenvalue weighted by Gasteiger charge is 2.49. The SMILES string of the molecule is Cc1cc(C(=O)CN2C(=O)N[C@](C)(c3ccc(C(C)C)cc3)C2=O)c(C)[nH]1. The molecular formula is C21H25N3O3. The molecule has 2 aromatic rings. The van der Waals surface area contributed by atoms with Crippen LogP contribution in [0.4, 0.5) is 4.79 Å². The number of hydrogen-bond acceptors (Lipinski definition) is 3. The molecule has 1 saturated heterocycles. The summed E-state index contributed by atoms with van der Waals surface area (Å²) < 4.78 is 0. The van der Waals surface area contributed by atoms with Crippen LogP contribution in [-0.4, -0.2) is 34.2 Å². The van der Waals surface area contributed by atoms with Gasteiger partial charge in [-0.3, -0.25) is 14.5 Å². The number of urea groups is 1. The molecule has 0 spiro atoms. The monoisotopic (exact) mass is 367 g/mol. The second kappa shape index (κ2) is 6.68. The predicted molar refractivity (Wildman–Crippen MR) is 103 cm³/mol. The van der Waals surface area contributed by atoms with Crippen molar-refractivity contribution in [1.82, 2.24) is 15.2 Å². The molecule has 1 fully saturated rings. The zero-order valence-corrected chi connectivity index (χ0v) is 16.3. The van der Waals surface area contributed by atoms with Gasteiger partial charge in [-0.15, -0.1) is 0 Å². The predicted octanol–water partition coefficient (Wildman–Crippen LogP) is 3.40. The van der Waals surface area contributed by atoms with Gasteiger partial charge in [-0.25, -0.2) is 4.79 Å². The Morgan fingerprint density at radius 1 is 1.15 bits per heavy atom. The van der Waals surface area contributed by atoms with Gasteiger partial charge in [-0.1, -0.05) is 38.1 Å². The summed E-state index contributed by atoms with van der Waals surface area (Å²) in [7, 11) is 0. The third kappa shape index (κ3) is 3.27. The maximum absolute atomic E-state index is 13.0. The molecule has 3 amide bonds. The number of H-pyrrole nitrogens is 1. The number of hydrogen-bond donors (Lipinski definition) is 2. The molecule has 0 aliphatic carbocycles. The van der Waals surface area contributed by atoms with Crippen molar-refractivity contribution in [2.45, 2.75) is 46.1 Å². The van der Waals surface area contributed by atoms with Crippen molar-refractivity contribution in [3.8, 4) is 0 Å². The Bertz CT molecular complexity index is 911. The van der Waals surface area contributed by atoms with Crippen LogP contribution < -0.4 is 5.32 Å². The number of carbonyl (C=O) groups is 3. The summed E-state index contributed by atoms with van der Waals surface area (Å²) in [5.41, 5.74) is 2.79. The molecule has 142 valence electrons. The lowest BCUT2D eigenvalue weighted by atomic mass is 9.90. The van der Waals surface area contributed by atoms with Crippen LogP contribution in [0.25, 0.3) is 0 Å². The van der Waals surface area contributed by atoms with Crippen molar-refractivity contribution in [1.29, 1.82) is 0 Å². The van der Waals surface area contributed by atoms with Gasteiger partial charge in [-0.2, -0.15) is 0 Å². The standard InChI is InChI=1S/C21H25N3O3/c1-12(2)15-6-8-16(9-7-15)21(5)19(26)24(20(27)23-21)11-18(25)17-10-13(3)22-14(17)4/h6-10,12,22H,11H2,1-5H3,(H,23,27)/t21-/m1/s1. The molecule has 1 atom stereocenters. The maximum atomic E-state index is 13.0. The first-order chi connectivity index (χ1) is 12.6. The molecule has 0 bridgehead atoms. The third-order valence-corrected chi connectivity index (χ3v) is 5.18. The molecule has 3 rings (SSSR count). The highest BCUT2D eigenvalue weighted by molar-refractivity contribution is 6.11. The number of rotatable bonds is 5. The fourth-order valence-corrected chi connectivity index (χ4v) is 3.48. The highest BCUT2D eigenvalue weighted by atomic mass is 16.2. The van der Waals surface area contributed by atoms with Gasteiger partial charge in [0.25, 0.3) is 5.91 Å². The molecule has 6 heteroatoms. The van der Waals surface area contributed by atoms with E-state index >= 15 is 0 Å². The fourth-order valence-electron chi connectivity index (χ4n) is 3.48. The van der Waals surface area contributed by atoms with E-state index in [1.54, 1.807) is 19.9 Å². The first kappa shape index (κ1) is 18.9. The number of carbonyl (C=O) groups excluding carboxylic acids is 3. The highest BCUT2D eigenvalue weighted by Crippen LogP contribution is 2.30. The first-order valence-corrected chi connectivity index (χ1v) is 9.07. The molecule has 1 aliphatic rings. The van der Waals surface area contributed by atoms with E-state index in [1.165, 1.54) is 0 Å². The Labute approximate surface area is 159 Å². The lowest BCUT2D eigenvalue weighted by Gasteiger charge is -2.22. The van der Waals surface area contributed by atoms with Crippen molar-refractivity contribution >= 4 is 17.7 Å². The molecule has 2 N–H and O–H groups in total. The van der Waals surface area contributed by atoms with Gasteiger partial charge in [0.15, 0.2) is 5.78 Å². The van der Waals surface area contributed by atoms with Crippen molar-refractivity contribution in [2.24, 2.45) is 0 Å². The van der Waals surface area contributed by atoms with E-state index < -0.39 is 17.5 Å². The summed E-state index contributed by atoms with van der Waals surface area (Å²) in [5.74, 6) is -0.300. The Morgan fingerprint density at radius 3 is 2.30 bits per heavy atom. The van der Waals surface area contributed by atoms with Crippen LogP contribution in [0.2, 0.25) is 0 Å². The van der Waals surface area contributed by atoms with E-state index in [0.717, 1.165) is 21.9 Å². The lowest BCUT2D eigenvalue weighted by Crippen LogP contribution is -2.41. The number of amides is 3. The zero-order valence-electron chi connectivity index (χ0n) is 16.3. The Balaban J connectivity index is 1.83. The van der Waals surface area contributed by atoms with Gasteiger partial charge in [0.1, 0.15) is 5.54 Å². The van der Waals surface area contributed by atoms with Gasteiger partial charge in [0, 0.05) is 17.0 Å². The van der Waals surface area contributed by atoms with Crippen molar-refractivity contribution in [3.63, 3.8) is 0 Å². The summed E-state index contributed by atoms with van der Waals surface area (Å²) in [6.07, 6.45) is 0.